The standard InChI is InChI=1S/C20H25N3O2/c1-23(2)10-9-21-19(25)20(14-24)12-17(20)8-7-15-11-16-5-3-4-6-18(16)22-13-15/h3-8,11,13,17,24H,9-10,12,14H2,1-2H3,(H,21,25). The van der Waals surface area contributed by atoms with Crippen molar-refractivity contribution in [3.63, 3.8) is 0 Å². The van der Waals surface area contributed by atoms with Gasteiger partial charge in [-0.15, -0.1) is 0 Å². The Morgan fingerprint density at radius 3 is 3.00 bits per heavy atom. The van der Waals surface area contributed by atoms with Crippen LogP contribution in [0.15, 0.2) is 42.6 Å². The molecule has 1 aromatic heterocycles. The molecule has 1 amide bonds. The smallest absolute Gasteiger partial charge is 0.229 e. The molecule has 0 spiro atoms. The SMILES string of the molecule is CN(C)CCNC(=O)C1(CO)CC1C=Cc1cnc2ccccc2c1. The lowest BCUT2D eigenvalue weighted by atomic mass is 10.0. The topological polar surface area (TPSA) is 65.5 Å². The zero-order valence-electron chi connectivity index (χ0n) is 14.8. The second-order valence-corrected chi connectivity index (χ2v) is 7.00. The highest BCUT2D eigenvalue weighted by Crippen LogP contribution is 2.53. The van der Waals surface area contributed by atoms with Crippen LogP contribution < -0.4 is 5.32 Å². The van der Waals surface area contributed by atoms with Crippen molar-refractivity contribution in [3.05, 3.63) is 48.2 Å². The molecule has 2 unspecified atom stereocenters. The fourth-order valence-corrected chi connectivity index (χ4v) is 3.08. The van der Waals surface area contributed by atoms with Gasteiger partial charge in [-0.2, -0.15) is 0 Å². The fraction of sp³-hybridized carbons (Fsp3) is 0.400. The largest absolute Gasteiger partial charge is 0.395 e. The van der Waals surface area contributed by atoms with E-state index in [1.165, 1.54) is 0 Å². The van der Waals surface area contributed by atoms with Crippen LogP contribution in [0.25, 0.3) is 17.0 Å². The van der Waals surface area contributed by atoms with Gasteiger partial charge >= 0.3 is 0 Å². The molecular formula is C20H25N3O2. The highest BCUT2D eigenvalue weighted by atomic mass is 16.3. The number of aromatic nitrogens is 1. The van der Waals surface area contributed by atoms with E-state index >= 15 is 0 Å². The molecule has 3 rings (SSSR count). The Hall–Kier alpha value is -2.24. The Balaban J connectivity index is 1.64. The van der Waals surface area contributed by atoms with E-state index in [9.17, 15) is 9.90 Å². The number of aliphatic hydroxyl groups is 1. The molecule has 0 radical (unpaired) electrons. The van der Waals surface area contributed by atoms with E-state index in [4.69, 9.17) is 0 Å². The Bertz CT molecular complexity index is 787. The molecule has 0 saturated heterocycles. The third-order valence-electron chi connectivity index (χ3n) is 4.85. The number of nitrogens with zero attached hydrogens (tertiary/aromatic N) is 2. The molecule has 2 aromatic rings. The molecule has 2 atom stereocenters. The van der Waals surface area contributed by atoms with Gasteiger partial charge in [0, 0.05) is 24.7 Å². The summed E-state index contributed by atoms with van der Waals surface area (Å²) in [6, 6.07) is 10.1. The molecule has 5 heteroatoms. The van der Waals surface area contributed by atoms with Gasteiger partial charge < -0.3 is 15.3 Å². The predicted molar refractivity (Wildman–Crippen MR) is 100.0 cm³/mol. The van der Waals surface area contributed by atoms with E-state index in [0.717, 1.165) is 23.0 Å². The third kappa shape index (κ3) is 3.89. The molecule has 25 heavy (non-hydrogen) atoms. The molecule has 132 valence electrons. The number of likely N-dealkylation sites (N-methyl/N-ethyl adjacent to an activating group) is 1. The van der Waals surface area contributed by atoms with Crippen LogP contribution in [-0.2, 0) is 4.79 Å². The van der Waals surface area contributed by atoms with Gasteiger partial charge in [-0.1, -0.05) is 30.4 Å². The van der Waals surface area contributed by atoms with E-state index in [1.807, 2.05) is 61.6 Å². The first-order valence-electron chi connectivity index (χ1n) is 8.62. The maximum Gasteiger partial charge on any atom is 0.229 e. The fourth-order valence-electron chi connectivity index (χ4n) is 3.08. The third-order valence-corrected chi connectivity index (χ3v) is 4.85. The minimum atomic E-state index is -0.660. The monoisotopic (exact) mass is 339 g/mol. The lowest BCUT2D eigenvalue weighted by molar-refractivity contribution is -0.128. The maximum atomic E-state index is 12.4. The number of carbonyl (C=O) groups is 1. The molecule has 1 aliphatic carbocycles. The summed E-state index contributed by atoms with van der Waals surface area (Å²) in [5, 5.41) is 13.8. The van der Waals surface area contributed by atoms with Crippen molar-refractivity contribution in [1.82, 2.24) is 15.2 Å². The quantitative estimate of drug-likeness (QED) is 0.809. The first kappa shape index (κ1) is 17.6. The van der Waals surface area contributed by atoms with Gasteiger partial charge in [0.1, 0.15) is 0 Å². The van der Waals surface area contributed by atoms with Crippen LogP contribution in [0.5, 0.6) is 0 Å². The Kier molecular flexibility index (Phi) is 5.16. The maximum absolute atomic E-state index is 12.4. The molecule has 1 aromatic carbocycles. The van der Waals surface area contributed by atoms with Crippen molar-refractivity contribution in [3.8, 4) is 0 Å². The van der Waals surface area contributed by atoms with Crippen molar-refractivity contribution in [2.75, 3.05) is 33.8 Å². The highest BCUT2D eigenvalue weighted by Gasteiger charge is 2.58. The normalized spacial score (nSPS) is 22.6. The second-order valence-electron chi connectivity index (χ2n) is 7.00. The second kappa shape index (κ2) is 7.33. The Labute approximate surface area is 148 Å². The summed E-state index contributed by atoms with van der Waals surface area (Å²) in [6.45, 7) is 1.26. The number of carbonyl (C=O) groups excluding carboxylic acids is 1. The predicted octanol–water partition coefficient (Wildman–Crippen LogP) is 1.92. The van der Waals surface area contributed by atoms with Gasteiger partial charge in [-0.3, -0.25) is 9.78 Å². The number of allylic oxidation sites excluding steroid dienone is 1. The molecule has 1 saturated carbocycles. The van der Waals surface area contributed by atoms with Gasteiger partial charge in [0.2, 0.25) is 5.91 Å². The van der Waals surface area contributed by atoms with Crippen LogP contribution in [0.2, 0.25) is 0 Å². The number of rotatable bonds is 7. The van der Waals surface area contributed by atoms with E-state index < -0.39 is 5.41 Å². The van der Waals surface area contributed by atoms with Gasteiger partial charge in [0.25, 0.3) is 0 Å². The summed E-state index contributed by atoms with van der Waals surface area (Å²) < 4.78 is 0. The molecule has 1 heterocycles. The molecule has 0 aliphatic heterocycles. The van der Waals surface area contributed by atoms with Crippen molar-refractivity contribution in [2.45, 2.75) is 6.42 Å². The number of para-hydroxylation sites is 1. The number of fused-ring (bicyclic) bond motifs is 1. The molecule has 0 bridgehead atoms. The molecular weight excluding hydrogens is 314 g/mol. The number of aliphatic hydroxyl groups excluding tert-OH is 1. The van der Waals surface area contributed by atoms with E-state index in [-0.39, 0.29) is 18.4 Å². The van der Waals surface area contributed by atoms with E-state index in [0.29, 0.717) is 13.0 Å². The van der Waals surface area contributed by atoms with Gasteiger partial charge in [-0.05, 0) is 44.1 Å². The number of pyridine rings is 1. The number of benzene rings is 1. The van der Waals surface area contributed by atoms with Crippen LogP contribution in [0.1, 0.15) is 12.0 Å². The van der Waals surface area contributed by atoms with Crippen LogP contribution in [0, 0.1) is 11.3 Å². The van der Waals surface area contributed by atoms with Crippen LogP contribution in [0.4, 0.5) is 0 Å². The minimum absolute atomic E-state index is 0.0527. The first-order chi connectivity index (χ1) is 12.0. The summed E-state index contributed by atoms with van der Waals surface area (Å²) >= 11 is 0. The number of nitrogens with one attached hydrogen (secondary N) is 1. The minimum Gasteiger partial charge on any atom is -0.395 e. The lowest BCUT2D eigenvalue weighted by Crippen LogP contribution is -2.38. The van der Waals surface area contributed by atoms with Crippen molar-refractivity contribution < 1.29 is 9.90 Å². The van der Waals surface area contributed by atoms with Gasteiger partial charge in [0.15, 0.2) is 0 Å². The molecule has 1 fully saturated rings. The summed E-state index contributed by atoms with van der Waals surface area (Å²) in [7, 11) is 3.93. The van der Waals surface area contributed by atoms with Crippen molar-refractivity contribution in [1.29, 1.82) is 0 Å². The number of amides is 1. The van der Waals surface area contributed by atoms with Gasteiger partial charge in [-0.25, -0.2) is 0 Å². The van der Waals surface area contributed by atoms with Crippen LogP contribution in [-0.4, -0.2) is 54.7 Å². The molecule has 5 nitrogen and oxygen atoms in total. The van der Waals surface area contributed by atoms with Crippen molar-refractivity contribution >= 4 is 22.9 Å². The summed E-state index contributed by atoms with van der Waals surface area (Å²) in [6.07, 6.45) is 6.54. The Morgan fingerprint density at radius 1 is 1.44 bits per heavy atom. The average Bonchev–Trinajstić information content (AvgIpc) is 3.34. The highest BCUT2D eigenvalue weighted by molar-refractivity contribution is 5.87. The average molecular weight is 339 g/mol. The Morgan fingerprint density at radius 2 is 2.24 bits per heavy atom. The lowest BCUT2D eigenvalue weighted by Gasteiger charge is -2.15. The summed E-state index contributed by atoms with van der Waals surface area (Å²) in [4.78, 5) is 18.9. The zero-order chi connectivity index (χ0) is 17.9. The zero-order valence-corrected chi connectivity index (χ0v) is 14.8. The van der Waals surface area contributed by atoms with Crippen molar-refractivity contribution in [2.24, 2.45) is 11.3 Å². The van der Waals surface area contributed by atoms with Crippen LogP contribution in [0.3, 0.4) is 0 Å². The molecule has 1 aliphatic rings. The first-order valence-corrected chi connectivity index (χ1v) is 8.62. The number of hydrogen-bond acceptors (Lipinski definition) is 4. The van der Waals surface area contributed by atoms with Gasteiger partial charge in [0.05, 0.1) is 17.5 Å². The summed E-state index contributed by atoms with van der Waals surface area (Å²) in [5.74, 6) is 0.0199. The number of hydrogen-bond donors (Lipinski definition) is 2. The van der Waals surface area contributed by atoms with Crippen LogP contribution >= 0.6 is 0 Å². The van der Waals surface area contributed by atoms with E-state index in [1.54, 1.807) is 0 Å². The molecule has 2 N–H and O–H groups in total. The summed E-state index contributed by atoms with van der Waals surface area (Å²) in [5.41, 5.74) is 1.31. The van der Waals surface area contributed by atoms with E-state index in [2.05, 4.69) is 16.4 Å².